The van der Waals surface area contributed by atoms with Crippen LogP contribution in [0.15, 0.2) is 42.5 Å². The maximum Gasteiger partial charge on any atom is 0.306 e. The van der Waals surface area contributed by atoms with E-state index in [-0.39, 0.29) is 36.0 Å². The van der Waals surface area contributed by atoms with Crippen LogP contribution in [0.25, 0.3) is 0 Å². The van der Waals surface area contributed by atoms with Gasteiger partial charge in [-0.25, -0.2) is 0 Å². The molecule has 6 nitrogen and oxygen atoms in total. The van der Waals surface area contributed by atoms with Crippen molar-refractivity contribution in [3.05, 3.63) is 48.0 Å². The first-order chi connectivity index (χ1) is 18.8. The largest absolute Gasteiger partial charge is 0.463 e. The van der Waals surface area contributed by atoms with E-state index in [1.165, 1.54) is 5.56 Å². The number of aliphatic hydroxyl groups is 2. The first-order valence-electron chi connectivity index (χ1n) is 15.2. The minimum atomic E-state index is -0.552. The molecule has 1 saturated carbocycles. The second-order valence-electron chi connectivity index (χ2n) is 11.4. The van der Waals surface area contributed by atoms with Gasteiger partial charge in [0.2, 0.25) is 0 Å². The Morgan fingerprint density at radius 3 is 2.31 bits per heavy atom. The number of aryl methyl sites for hydroxylation is 1. The molecule has 2 N–H and O–H groups in total. The number of hydrogen-bond donors (Lipinski definition) is 2. The van der Waals surface area contributed by atoms with Crippen molar-refractivity contribution in [2.24, 2.45) is 11.8 Å². The van der Waals surface area contributed by atoms with Gasteiger partial charge in [-0.15, -0.1) is 0 Å². The zero-order chi connectivity index (χ0) is 28.5. The Bertz CT molecular complexity index is 836. The van der Waals surface area contributed by atoms with Crippen LogP contribution < -0.4 is 0 Å². The maximum absolute atomic E-state index is 12.6. The van der Waals surface area contributed by atoms with Gasteiger partial charge in [0.25, 0.3) is 0 Å². The van der Waals surface area contributed by atoms with Crippen LogP contribution >= 0.6 is 0 Å². The fourth-order valence-corrected chi connectivity index (χ4v) is 5.52. The summed E-state index contributed by atoms with van der Waals surface area (Å²) in [6.45, 7) is 5.85. The summed E-state index contributed by atoms with van der Waals surface area (Å²) >= 11 is 0. The first kappa shape index (κ1) is 33.0. The molecule has 220 valence electrons. The molecular weight excluding hydrogens is 492 g/mol. The predicted octanol–water partition coefficient (Wildman–Crippen LogP) is 6.71. The Kier molecular flexibility index (Phi) is 16.1. The van der Waals surface area contributed by atoms with Crippen molar-refractivity contribution in [1.29, 1.82) is 0 Å². The summed E-state index contributed by atoms with van der Waals surface area (Å²) in [6, 6.07) is 10.2. The van der Waals surface area contributed by atoms with E-state index in [4.69, 9.17) is 9.47 Å². The molecule has 1 aliphatic carbocycles. The molecule has 0 aromatic heterocycles. The molecule has 1 aromatic carbocycles. The van der Waals surface area contributed by atoms with Crippen LogP contribution in [0.5, 0.6) is 0 Å². The number of carbonyl (C=O) groups is 2. The molecule has 39 heavy (non-hydrogen) atoms. The molecule has 0 unspecified atom stereocenters. The van der Waals surface area contributed by atoms with Crippen molar-refractivity contribution in [3.8, 4) is 0 Å². The lowest BCUT2D eigenvalue weighted by Crippen LogP contribution is -2.25. The highest BCUT2D eigenvalue weighted by molar-refractivity contribution is 5.69. The minimum Gasteiger partial charge on any atom is -0.463 e. The summed E-state index contributed by atoms with van der Waals surface area (Å²) in [5, 5.41) is 21.4. The van der Waals surface area contributed by atoms with E-state index >= 15 is 0 Å². The monoisotopic (exact) mass is 544 g/mol. The predicted molar refractivity (Wildman–Crippen MR) is 155 cm³/mol. The summed E-state index contributed by atoms with van der Waals surface area (Å²) in [7, 11) is 0. The number of hydrogen-bond acceptors (Lipinski definition) is 6. The van der Waals surface area contributed by atoms with Gasteiger partial charge in [0, 0.05) is 12.8 Å². The second-order valence-corrected chi connectivity index (χ2v) is 11.4. The third kappa shape index (κ3) is 13.6. The van der Waals surface area contributed by atoms with Gasteiger partial charge in [-0.05, 0) is 89.0 Å². The first-order valence-corrected chi connectivity index (χ1v) is 15.2. The molecular formula is C33H52O6. The van der Waals surface area contributed by atoms with E-state index in [0.717, 1.165) is 51.4 Å². The smallest absolute Gasteiger partial charge is 0.306 e. The standard InChI is InChI=1S/C33H52O6/c1-4-5-6-13-19-33(37)39-27(21-20-26-15-10-9-11-16-26)22-23-29-28(30(34)24-31(29)35)17-12-7-8-14-18-32(36)38-25(2)3/h7,9-12,15-16,25,27-31,34-35H,4-6,8,13-14,17-24H2,1-3H3/b12-7-/t27-,28+,29+,30-,31+/m0/s1. The van der Waals surface area contributed by atoms with Crippen LogP contribution in [0.2, 0.25) is 0 Å². The fourth-order valence-electron chi connectivity index (χ4n) is 5.52. The van der Waals surface area contributed by atoms with E-state index in [9.17, 15) is 19.8 Å². The number of aliphatic hydroxyl groups excluding tert-OH is 2. The quantitative estimate of drug-likeness (QED) is 0.114. The van der Waals surface area contributed by atoms with Crippen molar-refractivity contribution < 1.29 is 29.3 Å². The van der Waals surface area contributed by atoms with Gasteiger partial charge in [-0.3, -0.25) is 9.59 Å². The van der Waals surface area contributed by atoms with Gasteiger partial charge < -0.3 is 19.7 Å². The summed E-state index contributed by atoms with van der Waals surface area (Å²) in [5.74, 6) is -0.362. The number of benzene rings is 1. The highest BCUT2D eigenvalue weighted by Gasteiger charge is 2.40. The normalized spacial score (nSPS) is 21.9. The molecule has 0 bridgehead atoms. The van der Waals surface area contributed by atoms with Gasteiger partial charge in [0.05, 0.1) is 18.3 Å². The zero-order valence-electron chi connectivity index (χ0n) is 24.4. The van der Waals surface area contributed by atoms with Crippen molar-refractivity contribution in [1.82, 2.24) is 0 Å². The highest BCUT2D eigenvalue weighted by atomic mass is 16.5. The third-order valence-corrected chi connectivity index (χ3v) is 7.67. The SMILES string of the molecule is CCCCCCC(=O)O[C@@H](CCc1ccccc1)CC[C@@H]1[C@@H](C/C=C\CCCC(=O)OC(C)C)[C@@H](O)C[C@H]1O. The molecule has 0 aliphatic heterocycles. The lowest BCUT2D eigenvalue weighted by Gasteiger charge is -2.25. The van der Waals surface area contributed by atoms with Crippen LogP contribution in [0.1, 0.15) is 110 Å². The molecule has 5 atom stereocenters. The molecule has 1 aliphatic rings. The van der Waals surface area contributed by atoms with E-state index in [0.29, 0.717) is 38.5 Å². The number of allylic oxidation sites excluding steroid dienone is 2. The summed E-state index contributed by atoms with van der Waals surface area (Å²) in [4.78, 5) is 24.3. The van der Waals surface area contributed by atoms with Gasteiger partial charge in [-0.2, -0.15) is 0 Å². The Hall–Kier alpha value is -2.18. The third-order valence-electron chi connectivity index (χ3n) is 7.67. The molecule has 6 heteroatoms. The summed E-state index contributed by atoms with van der Waals surface area (Å²) in [6.07, 6.45) is 13.3. The van der Waals surface area contributed by atoms with Crippen molar-refractivity contribution in [2.75, 3.05) is 0 Å². The highest BCUT2D eigenvalue weighted by Crippen LogP contribution is 2.39. The summed E-state index contributed by atoms with van der Waals surface area (Å²) < 4.78 is 11.1. The average molecular weight is 545 g/mol. The zero-order valence-corrected chi connectivity index (χ0v) is 24.4. The van der Waals surface area contributed by atoms with Crippen LogP contribution in [-0.2, 0) is 25.5 Å². The van der Waals surface area contributed by atoms with Gasteiger partial charge in [0.1, 0.15) is 6.10 Å². The molecule has 0 amide bonds. The lowest BCUT2D eigenvalue weighted by molar-refractivity contribution is -0.150. The van der Waals surface area contributed by atoms with Crippen molar-refractivity contribution >= 4 is 11.9 Å². The molecule has 0 radical (unpaired) electrons. The van der Waals surface area contributed by atoms with E-state index < -0.39 is 12.2 Å². The van der Waals surface area contributed by atoms with Crippen LogP contribution in [0, 0.1) is 11.8 Å². The minimum absolute atomic E-state index is 0.0262. The Morgan fingerprint density at radius 1 is 0.897 bits per heavy atom. The number of rotatable bonds is 19. The van der Waals surface area contributed by atoms with Gasteiger partial charge >= 0.3 is 11.9 Å². The Labute approximate surface area is 236 Å². The van der Waals surface area contributed by atoms with Crippen molar-refractivity contribution in [2.45, 2.75) is 135 Å². The molecule has 1 aromatic rings. The van der Waals surface area contributed by atoms with Crippen LogP contribution in [0.4, 0.5) is 0 Å². The number of ether oxygens (including phenoxy) is 2. The lowest BCUT2D eigenvalue weighted by atomic mass is 9.85. The fraction of sp³-hybridized carbons (Fsp3) is 0.697. The number of unbranched alkanes of at least 4 members (excludes halogenated alkanes) is 4. The number of esters is 2. The molecule has 2 rings (SSSR count). The average Bonchev–Trinajstić information content (AvgIpc) is 3.17. The molecule has 0 spiro atoms. The second kappa shape index (κ2) is 19.0. The Morgan fingerprint density at radius 2 is 1.59 bits per heavy atom. The summed E-state index contributed by atoms with van der Waals surface area (Å²) in [5.41, 5.74) is 1.22. The van der Waals surface area contributed by atoms with Crippen LogP contribution in [0.3, 0.4) is 0 Å². The van der Waals surface area contributed by atoms with E-state index in [1.807, 2.05) is 32.0 Å². The molecule has 0 saturated heterocycles. The Balaban J connectivity index is 1.88. The maximum atomic E-state index is 12.6. The molecule has 0 heterocycles. The van der Waals surface area contributed by atoms with E-state index in [2.05, 4.69) is 31.2 Å². The van der Waals surface area contributed by atoms with E-state index in [1.54, 1.807) is 0 Å². The van der Waals surface area contributed by atoms with Crippen LogP contribution in [-0.4, -0.2) is 46.6 Å². The number of carbonyl (C=O) groups excluding carboxylic acids is 2. The van der Waals surface area contributed by atoms with Gasteiger partial charge in [-0.1, -0.05) is 68.7 Å². The molecule has 1 fully saturated rings. The van der Waals surface area contributed by atoms with Crippen molar-refractivity contribution in [3.63, 3.8) is 0 Å². The van der Waals surface area contributed by atoms with Gasteiger partial charge in [0.15, 0.2) is 0 Å². The topological polar surface area (TPSA) is 93.1 Å².